The number of nitrogen functional groups attached to an aromatic ring is 1. The predicted molar refractivity (Wildman–Crippen MR) is 101 cm³/mol. The number of carboxylic acid groups (broad SMARTS) is 2. The van der Waals surface area contributed by atoms with E-state index in [2.05, 4.69) is 10.6 Å². The van der Waals surface area contributed by atoms with E-state index >= 15 is 0 Å². The number of benzene rings is 1. The molecule has 154 valence electrons. The van der Waals surface area contributed by atoms with Gasteiger partial charge in [-0.1, -0.05) is 0 Å². The SMILES string of the molecule is Nc1ccc(O)c(SCC(NC(=O)CC[C@H](N)C(=O)O)C(=O)NCC(=O)O)c1. The Morgan fingerprint density at radius 3 is 2.46 bits per heavy atom. The van der Waals surface area contributed by atoms with Gasteiger partial charge in [0.05, 0.1) is 4.90 Å². The second-order valence-corrected chi connectivity index (χ2v) is 6.82. The highest BCUT2D eigenvalue weighted by atomic mass is 32.2. The topological polar surface area (TPSA) is 205 Å². The van der Waals surface area contributed by atoms with Gasteiger partial charge < -0.3 is 37.4 Å². The van der Waals surface area contributed by atoms with Crippen LogP contribution in [0.25, 0.3) is 0 Å². The molecule has 0 spiro atoms. The summed E-state index contributed by atoms with van der Waals surface area (Å²) in [5.41, 5.74) is 11.4. The van der Waals surface area contributed by atoms with Crippen LogP contribution in [0.2, 0.25) is 0 Å². The van der Waals surface area contributed by atoms with Gasteiger partial charge >= 0.3 is 11.9 Å². The van der Waals surface area contributed by atoms with Crippen LogP contribution in [0.3, 0.4) is 0 Å². The van der Waals surface area contributed by atoms with Crippen LogP contribution in [0.4, 0.5) is 5.69 Å². The van der Waals surface area contributed by atoms with E-state index in [1.54, 1.807) is 0 Å². The maximum atomic E-state index is 12.2. The minimum absolute atomic E-state index is 0.0286. The standard InChI is InChI=1S/C16H22N4O7S/c17-8-1-3-11(21)12(5-8)28-7-10(15(25)19-6-14(23)24)20-13(22)4-2-9(18)16(26)27/h1,3,5,9-10,21H,2,4,6-7,17-18H2,(H,19,25)(H,20,22)(H,23,24)(H,26,27)/t9-,10?/m0/s1. The molecule has 28 heavy (non-hydrogen) atoms. The van der Waals surface area contributed by atoms with Gasteiger partial charge in [0, 0.05) is 17.9 Å². The van der Waals surface area contributed by atoms with Gasteiger partial charge in [-0.15, -0.1) is 11.8 Å². The zero-order chi connectivity index (χ0) is 21.3. The van der Waals surface area contributed by atoms with Crippen molar-refractivity contribution in [2.24, 2.45) is 5.73 Å². The Balaban J connectivity index is 2.76. The molecule has 2 atom stereocenters. The molecule has 12 heteroatoms. The number of hydrogen-bond donors (Lipinski definition) is 7. The van der Waals surface area contributed by atoms with Crippen LogP contribution in [0.1, 0.15) is 12.8 Å². The maximum Gasteiger partial charge on any atom is 0.322 e. The van der Waals surface area contributed by atoms with Gasteiger partial charge in [-0.05, 0) is 24.6 Å². The first kappa shape index (κ1) is 23.0. The number of phenols is 1. The van der Waals surface area contributed by atoms with Gasteiger partial charge in [0.15, 0.2) is 0 Å². The number of hydrogen-bond acceptors (Lipinski definition) is 8. The molecule has 1 aromatic rings. The van der Waals surface area contributed by atoms with Crippen molar-refractivity contribution in [2.45, 2.75) is 29.8 Å². The van der Waals surface area contributed by atoms with E-state index in [4.69, 9.17) is 21.7 Å². The summed E-state index contributed by atoms with van der Waals surface area (Å²) in [6, 6.07) is 2.01. The first-order chi connectivity index (χ1) is 13.1. The number of nitrogens with two attached hydrogens (primary N) is 2. The summed E-state index contributed by atoms with van der Waals surface area (Å²) in [5.74, 6) is -3.97. The number of aliphatic carboxylic acids is 2. The first-order valence-electron chi connectivity index (χ1n) is 8.08. The number of carboxylic acids is 2. The molecule has 1 rings (SSSR count). The van der Waals surface area contributed by atoms with Crippen molar-refractivity contribution in [3.63, 3.8) is 0 Å². The Hall–Kier alpha value is -2.99. The molecule has 0 radical (unpaired) electrons. The molecule has 11 nitrogen and oxygen atoms in total. The lowest BCUT2D eigenvalue weighted by molar-refractivity contribution is -0.139. The zero-order valence-corrected chi connectivity index (χ0v) is 15.6. The highest BCUT2D eigenvalue weighted by Crippen LogP contribution is 2.30. The van der Waals surface area contributed by atoms with Crippen LogP contribution >= 0.6 is 11.8 Å². The van der Waals surface area contributed by atoms with Crippen LogP contribution < -0.4 is 22.1 Å². The molecule has 0 aliphatic carbocycles. The van der Waals surface area contributed by atoms with E-state index in [9.17, 15) is 24.3 Å². The van der Waals surface area contributed by atoms with E-state index in [0.29, 0.717) is 10.6 Å². The summed E-state index contributed by atoms with van der Waals surface area (Å²) in [4.78, 5) is 45.9. The molecule has 0 bridgehead atoms. The quantitative estimate of drug-likeness (QED) is 0.133. The van der Waals surface area contributed by atoms with Crippen molar-refractivity contribution in [2.75, 3.05) is 18.0 Å². The Bertz CT molecular complexity index is 744. The molecular weight excluding hydrogens is 392 g/mol. The van der Waals surface area contributed by atoms with Crippen molar-refractivity contribution >= 4 is 41.2 Å². The summed E-state index contributed by atoms with van der Waals surface area (Å²) < 4.78 is 0. The number of phenolic OH excluding ortho intramolecular Hbond substituents is 1. The molecule has 0 fully saturated rings. The molecule has 9 N–H and O–H groups in total. The fourth-order valence-corrected chi connectivity index (χ4v) is 2.98. The molecule has 0 saturated heterocycles. The summed E-state index contributed by atoms with van der Waals surface area (Å²) in [6.07, 6.45) is -0.363. The van der Waals surface area contributed by atoms with E-state index in [1.165, 1.54) is 18.2 Å². The third-order valence-corrected chi connectivity index (χ3v) is 4.59. The highest BCUT2D eigenvalue weighted by molar-refractivity contribution is 7.99. The zero-order valence-electron chi connectivity index (χ0n) is 14.8. The van der Waals surface area contributed by atoms with E-state index in [-0.39, 0.29) is 24.3 Å². The van der Waals surface area contributed by atoms with Gasteiger partial charge in [0.2, 0.25) is 11.8 Å². The normalized spacial score (nSPS) is 12.6. The van der Waals surface area contributed by atoms with Crippen LogP contribution in [-0.2, 0) is 19.2 Å². The summed E-state index contributed by atoms with van der Waals surface area (Å²) in [6.45, 7) is -0.636. The average Bonchev–Trinajstić information content (AvgIpc) is 2.63. The lowest BCUT2D eigenvalue weighted by atomic mass is 10.1. The summed E-state index contributed by atoms with van der Waals surface area (Å²) in [5, 5.41) is 31.8. The molecule has 0 aliphatic rings. The van der Waals surface area contributed by atoms with E-state index in [1.807, 2.05) is 0 Å². The number of carbonyl (C=O) groups is 4. The Morgan fingerprint density at radius 1 is 1.18 bits per heavy atom. The largest absolute Gasteiger partial charge is 0.507 e. The third kappa shape index (κ3) is 8.14. The number of aromatic hydroxyl groups is 1. The van der Waals surface area contributed by atoms with Crippen molar-refractivity contribution in [1.82, 2.24) is 10.6 Å². The molecule has 2 amide bonds. The Labute approximate surface area is 164 Å². The lowest BCUT2D eigenvalue weighted by Crippen LogP contribution is -2.49. The van der Waals surface area contributed by atoms with Crippen LogP contribution in [0.15, 0.2) is 23.1 Å². The number of thioether (sulfide) groups is 1. The molecule has 0 heterocycles. The van der Waals surface area contributed by atoms with Gasteiger partial charge in [0.25, 0.3) is 0 Å². The maximum absolute atomic E-state index is 12.2. The number of rotatable bonds is 11. The minimum Gasteiger partial charge on any atom is -0.507 e. The van der Waals surface area contributed by atoms with Gasteiger partial charge in [0.1, 0.15) is 24.4 Å². The van der Waals surface area contributed by atoms with Crippen molar-refractivity contribution in [3.05, 3.63) is 18.2 Å². The van der Waals surface area contributed by atoms with Crippen LogP contribution in [-0.4, -0.2) is 63.5 Å². The van der Waals surface area contributed by atoms with Gasteiger partial charge in [-0.25, -0.2) is 0 Å². The summed E-state index contributed by atoms with van der Waals surface area (Å²) in [7, 11) is 0. The molecule has 0 aliphatic heterocycles. The fraction of sp³-hybridized carbons (Fsp3) is 0.375. The second kappa shape index (κ2) is 11.0. The smallest absolute Gasteiger partial charge is 0.322 e. The summed E-state index contributed by atoms with van der Waals surface area (Å²) >= 11 is 1.03. The molecular formula is C16H22N4O7S. The van der Waals surface area contributed by atoms with Crippen LogP contribution in [0, 0.1) is 0 Å². The predicted octanol–water partition coefficient (Wildman–Crippen LogP) is -1.06. The fourth-order valence-electron chi connectivity index (χ4n) is 1.96. The Morgan fingerprint density at radius 2 is 1.86 bits per heavy atom. The van der Waals surface area contributed by atoms with Gasteiger partial charge in [-0.3, -0.25) is 19.2 Å². The number of amides is 2. The van der Waals surface area contributed by atoms with Crippen molar-refractivity contribution < 1.29 is 34.5 Å². The average molecular weight is 414 g/mol. The van der Waals surface area contributed by atoms with E-state index < -0.39 is 42.4 Å². The molecule has 0 saturated carbocycles. The highest BCUT2D eigenvalue weighted by Gasteiger charge is 2.23. The monoisotopic (exact) mass is 414 g/mol. The lowest BCUT2D eigenvalue weighted by Gasteiger charge is -2.18. The van der Waals surface area contributed by atoms with Crippen molar-refractivity contribution in [3.8, 4) is 5.75 Å². The first-order valence-corrected chi connectivity index (χ1v) is 9.07. The van der Waals surface area contributed by atoms with Crippen molar-refractivity contribution in [1.29, 1.82) is 0 Å². The molecule has 1 unspecified atom stereocenters. The molecule has 1 aromatic carbocycles. The second-order valence-electron chi connectivity index (χ2n) is 5.75. The third-order valence-electron chi connectivity index (χ3n) is 3.45. The number of carbonyl (C=O) groups excluding carboxylic acids is 2. The minimum atomic E-state index is -1.26. The Kier molecular flexibility index (Phi) is 9.05. The van der Waals surface area contributed by atoms with Gasteiger partial charge in [-0.2, -0.15) is 0 Å². The molecule has 0 aromatic heterocycles. The van der Waals surface area contributed by atoms with E-state index in [0.717, 1.165) is 11.8 Å². The number of anilines is 1. The van der Waals surface area contributed by atoms with Crippen LogP contribution in [0.5, 0.6) is 5.75 Å². The number of nitrogens with one attached hydrogen (secondary N) is 2.